The van der Waals surface area contributed by atoms with Gasteiger partial charge in [-0.15, -0.1) is 0 Å². The van der Waals surface area contributed by atoms with E-state index in [1.807, 2.05) is 16.8 Å². The van der Waals surface area contributed by atoms with E-state index in [2.05, 4.69) is 10.1 Å². The lowest BCUT2D eigenvalue weighted by molar-refractivity contribution is 0.273. The summed E-state index contributed by atoms with van der Waals surface area (Å²) in [6.07, 6.45) is -0.00631. The first kappa shape index (κ1) is 12.4. The van der Waals surface area contributed by atoms with E-state index >= 15 is 0 Å². The van der Waals surface area contributed by atoms with Gasteiger partial charge in [0.2, 0.25) is 0 Å². The molecule has 0 bridgehead atoms. The van der Waals surface area contributed by atoms with Gasteiger partial charge in [0.05, 0.1) is 5.56 Å². The van der Waals surface area contributed by atoms with Crippen LogP contribution in [0.15, 0.2) is 21.3 Å². The van der Waals surface area contributed by atoms with Crippen LogP contribution in [-0.2, 0) is 19.8 Å². The van der Waals surface area contributed by atoms with Crippen LogP contribution in [-0.4, -0.2) is 24.4 Å². The summed E-state index contributed by atoms with van der Waals surface area (Å²) in [5.74, 6) is 0.707. The maximum absolute atomic E-state index is 11.9. The van der Waals surface area contributed by atoms with Crippen molar-refractivity contribution >= 4 is 18.9 Å². The van der Waals surface area contributed by atoms with E-state index in [4.69, 9.17) is 13.6 Å². The Kier molecular flexibility index (Phi) is 3.73. The third-order valence-corrected chi connectivity index (χ3v) is 4.59. The lowest BCUT2D eigenvalue weighted by Gasteiger charge is -2.10. The van der Waals surface area contributed by atoms with Crippen LogP contribution in [0.5, 0.6) is 0 Å². The van der Waals surface area contributed by atoms with Crippen LogP contribution < -0.4 is 0 Å². The first-order valence-corrected chi connectivity index (χ1v) is 7.39. The summed E-state index contributed by atoms with van der Waals surface area (Å²) in [4.78, 5) is 4.13. The van der Waals surface area contributed by atoms with E-state index < -0.39 is 7.60 Å². The van der Waals surface area contributed by atoms with Gasteiger partial charge in [-0.25, -0.2) is 0 Å². The highest BCUT2D eigenvalue weighted by Gasteiger charge is 2.25. The molecule has 0 saturated heterocycles. The quantitative estimate of drug-likeness (QED) is 0.780. The fourth-order valence-corrected chi connectivity index (χ4v) is 2.71. The van der Waals surface area contributed by atoms with Crippen LogP contribution in [0.4, 0.5) is 0 Å². The minimum atomic E-state index is -3.15. The van der Waals surface area contributed by atoms with E-state index in [1.54, 1.807) is 0 Å². The number of hydrogen-bond donors (Lipinski definition) is 0. The van der Waals surface area contributed by atoms with Crippen LogP contribution in [0, 0.1) is 0 Å². The molecule has 0 radical (unpaired) electrons. The minimum Gasteiger partial charge on any atom is -0.334 e. The van der Waals surface area contributed by atoms with Gasteiger partial charge < -0.3 is 13.6 Å². The fourth-order valence-electron chi connectivity index (χ4n) is 1.20. The predicted molar refractivity (Wildman–Crippen MR) is 62.9 cm³/mol. The molecule has 17 heavy (non-hydrogen) atoms. The Bertz CT molecular complexity index is 517. The van der Waals surface area contributed by atoms with Crippen molar-refractivity contribution in [2.24, 2.45) is 0 Å². The molecular formula is C9H11N2O4PS. The molecule has 2 aromatic heterocycles. The predicted octanol–water partition coefficient (Wildman–Crippen LogP) is 2.78. The fraction of sp³-hybridized carbons (Fsp3) is 0.333. The largest absolute Gasteiger partial charge is 0.337 e. The highest BCUT2D eigenvalue weighted by molar-refractivity contribution is 7.52. The van der Waals surface area contributed by atoms with E-state index in [0.29, 0.717) is 11.7 Å². The van der Waals surface area contributed by atoms with Gasteiger partial charge in [-0.05, 0) is 11.4 Å². The molecule has 2 heterocycles. The zero-order valence-electron chi connectivity index (χ0n) is 9.32. The standard InChI is InChI=1S/C9H11N2O4PS/c1-13-16(12,14-2)5-8-10-9(15-11-8)7-3-4-17-6-7/h3-4,6H,5H2,1-2H3. The Morgan fingerprint density at radius 1 is 1.47 bits per heavy atom. The normalized spacial score (nSPS) is 11.9. The van der Waals surface area contributed by atoms with Gasteiger partial charge in [-0.2, -0.15) is 16.3 Å². The Morgan fingerprint density at radius 3 is 2.82 bits per heavy atom. The molecular weight excluding hydrogens is 263 g/mol. The van der Waals surface area contributed by atoms with Crippen LogP contribution in [0.2, 0.25) is 0 Å². The van der Waals surface area contributed by atoms with Gasteiger partial charge >= 0.3 is 7.60 Å². The molecule has 2 rings (SSSR count). The number of thiophene rings is 1. The third-order valence-electron chi connectivity index (χ3n) is 2.13. The lowest BCUT2D eigenvalue weighted by atomic mass is 10.3. The number of nitrogens with zero attached hydrogens (tertiary/aromatic N) is 2. The molecule has 0 unspecified atom stereocenters. The zero-order valence-corrected chi connectivity index (χ0v) is 11.0. The summed E-state index contributed by atoms with van der Waals surface area (Å²) in [5, 5.41) is 7.54. The Morgan fingerprint density at radius 2 is 2.24 bits per heavy atom. The van der Waals surface area contributed by atoms with Crippen molar-refractivity contribution in [1.29, 1.82) is 0 Å². The van der Waals surface area contributed by atoms with Gasteiger partial charge in [0.1, 0.15) is 6.16 Å². The minimum absolute atomic E-state index is 0.00631. The molecule has 6 nitrogen and oxygen atoms in total. The van der Waals surface area contributed by atoms with E-state index in [9.17, 15) is 4.57 Å². The maximum Gasteiger partial charge on any atom is 0.337 e. The molecule has 0 amide bonds. The van der Waals surface area contributed by atoms with Gasteiger partial charge in [0.15, 0.2) is 5.82 Å². The highest BCUT2D eigenvalue weighted by atomic mass is 32.1. The molecule has 0 saturated carbocycles. The van der Waals surface area contributed by atoms with E-state index in [-0.39, 0.29) is 6.16 Å². The monoisotopic (exact) mass is 274 g/mol. The molecule has 2 aromatic rings. The van der Waals surface area contributed by atoms with Crippen molar-refractivity contribution in [3.8, 4) is 11.5 Å². The third kappa shape index (κ3) is 2.81. The SMILES string of the molecule is COP(=O)(Cc1noc(-c2ccsc2)n1)OC. The van der Waals surface area contributed by atoms with Gasteiger partial charge in [-0.3, -0.25) is 4.57 Å². The Labute approximate surface area is 102 Å². The summed E-state index contributed by atoms with van der Waals surface area (Å²) < 4.78 is 26.5. The average Bonchev–Trinajstić information content (AvgIpc) is 2.98. The summed E-state index contributed by atoms with van der Waals surface area (Å²) in [7, 11) is -0.502. The van der Waals surface area contributed by atoms with E-state index in [1.165, 1.54) is 25.6 Å². The van der Waals surface area contributed by atoms with Crippen molar-refractivity contribution in [2.75, 3.05) is 14.2 Å². The molecule has 0 spiro atoms. The topological polar surface area (TPSA) is 74.5 Å². The van der Waals surface area contributed by atoms with Gasteiger partial charge in [0.25, 0.3) is 5.89 Å². The first-order chi connectivity index (χ1) is 8.17. The van der Waals surface area contributed by atoms with Gasteiger partial charge in [-0.1, -0.05) is 5.16 Å². The molecule has 8 heteroatoms. The van der Waals surface area contributed by atoms with Crippen molar-refractivity contribution in [3.05, 3.63) is 22.7 Å². The summed E-state index contributed by atoms with van der Waals surface area (Å²) in [6.45, 7) is 0. The smallest absolute Gasteiger partial charge is 0.334 e. The second-order valence-corrected chi connectivity index (χ2v) is 6.21. The lowest BCUT2D eigenvalue weighted by Crippen LogP contribution is -1.95. The molecule has 0 aliphatic carbocycles. The number of rotatable bonds is 5. The van der Waals surface area contributed by atoms with Crippen molar-refractivity contribution in [3.63, 3.8) is 0 Å². The summed E-state index contributed by atoms with van der Waals surface area (Å²) >= 11 is 1.53. The van der Waals surface area contributed by atoms with E-state index in [0.717, 1.165) is 5.56 Å². The Balaban J connectivity index is 2.17. The van der Waals surface area contributed by atoms with Crippen molar-refractivity contribution in [2.45, 2.75) is 6.16 Å². The van der Waals surface area contributed by atoms with Gasteiger partial charge in [0, 0.05) is 19.6 Å². The number of aromatic nitrogens is 2. The molecule has 0 N–H and O–H groups in total. The van der Waals surface area contributed by atoms with Crippen LogP contribution >= 0.6 is 18.9 Å². The highest BCUT2D eigenvalue weighted by Crippen LogP contribution is 2.49. The van der Waals surface area contributed by atoms with Crippen LogP contribution in [0.3, 0.4) is 0 Å². The summed E-state index contributed by atoms with van der Waals surface area (Å²) in [5.41, 5.74) is 0.846. The van der Waals surface area contributed by atoms with Crippen molar-refractivity contribution in [1.82, 2.24) is 10.1 Å². The molecule has 0 fully saturated rings. The molecule has 92 valence electrons. The first-order valence-electron chi connectivity index (χ1n) is 4.72. The molecule has 0 aliphatic rings. The molecule has 0 aliphatic heterocycles. The zero-order chi connectivity index (χ0) is 12.3. The van der Waals surface area contributed by atoms with Crippen LogP contribution in [0.25, 0.3) is 11.5 Å². The summed E-state index contributed by atoms with van der Waals surface area (Å²) in [6, 6.07) is 1.87. The average molecular weight is 274 g/mol. The maximum atomic E-state index is 11.9. The molecule has 0 aromatic carbocycles. The number of hydrogen-bond acceptors (Lipinski definition) is 7. The van der Waals surface area contributed by atoms with Crippen molar-refractivity contribution < 1.29 is 18.1 Å². The van der Waals surface area contributed by atoms with Crippen LogP contribution in [0.1, 0.15) is 5.82 Å². The Hall–Kier alpha value is -1.01. The second-order valence-electron chi connectivity index (χ2n) is 3.16. The molecule has 0 atom stereocenters. The second kappa shape index (κ2) is 5.10.